The maximum Gasteiger partial charge on any atom is 0.319 e. The van der Waals surface area contributed by atoms with Crippen molar-refractivity contribution in [3.05, 3.63) is 18.2 Å². The van der Waals surface area contributed by atoms with E-state index in [0.29, 0.717) is 18.3 Å². The zero-order valence-corrected chi connectivity index (χ0v) is 9.79. The van der Waals surface area contributed by atoms with Gasteiger partial charge in [-0.25, -0.2) is 4.98 Å². The predicted molar refractivity (Wildman–Crippen MR) is 59.3 cm³/mol. The predicted octanol–water partition coefficient (Wildman–Crippen LogP) is 2.80. The minimum Gasteiger partial charge on any atom is -0.310 e. The van der Waals surface area contributed by atoms with Gasteiger partial charge in [0.25, 0.3) is 0 Å². The molecule has 0 spiro atoms. The maximum absolute atomic E-state index is 12.5. The second-order valence-electron chi connectivity index (χ2n) is 3.84. The van der Waals surface area contributed by atoms with E-state index in [2.05, 4.69) is 24.1 Å². The fourth-order valence-corrected chi connectivity index (χ4v) is 1.62. The molecule has 1 aromatic heterocycles. The largest absolute Gasteiger partial charge is 0.319 e. The molecule has 0 saturated heterocycles. The Hall–Kier alpha value is -0.970. The summed E-state index contributed by atoms with van der Waals surface area (Å²) >= 11 is 0. The average Bonchev–Trinajstić information content (AvgIpc) is 2.72. The highest BCUT2D eigenvalue weighted by molar-refractivity contribution is 4.92. The van der Waals surface area contributed by atoms with Crippen molar-refractivity contribution in [2.75, 3.05) is 6.54 Å². The minimum atomic E-state index is -2.51. The summed E-state index contributed by atoms with van der Waals surface area (Å²) in [5.41, 5.74) is 0. The summed E-state index contributed by atoms with van der Waals surface area (Å²) in [7, 11) is 0. The molecule has 1 rings (SSSR count). The van der Waals surface area contributed by atoms with Crippen LogP contribution in [0.1, 0.15) is 39.1 Å². The van der Waals surface area contributed by atoms with E-state index in [1.165, 1.54) is 12.4 Å². The quantitative estimate of drug-likeness (QED) is 0.782. The van der Waals surface area contributed by atoms with E-state index in [1.54, 1.807) is 0 Å². The zero-order chi connectivity index (χ0) is 12.0. The van der Waals surface area contributed by atoms with Gasteiger partial charge in [-0.05, 0) is 12.5 Å². The van der Waals surface area contributed by atoms with Crippen LogP contribution in [-0.2, 0) is 6.54 Å². The molecule has 0 aliphatic carbocycles. The molecule has 0 saturated carbocycles. The van der Waals surface area contributed by atoms with Gasteiger partial charge in [0.2, 0.25) is 0 Å². The Labute approximate surface area is 94.9 Å². The lowest BCUT2D eigenvalue weighted by molar-refractivity contribution is 0.0666. The molecule has 0 bridgehead atoms. The van der Waals surface area contributed by atoms with Crippen molar-refractivity contribution in [1.82, 2.24) is 14.9 Å². The van der Waals surface area contributed by atoms with E-state index in [-0.39, 0.29) is 0 Å². The standard InChI is InChI=1S/C11H19F2N3/c1-3-9(4-2)7-14-8-10-15-5-6-16(10)11(12)13/h5-6,9,11,14H,3-4,7-8H2,1-2H3. The number of hydrogen-bond donors (Lipinski definition) is 1. The van der Waals surface area contributed by atoms with Crippen molar-refractivity contribution in [3.63, 3.8) is 0 Å². The lowest BCUT2D eigenvalue weighted by atomic mass is 10.0. The fraction of sp³-hybridized carbons (Fsp3) is 0.727. The summed E-state index contributed by atoms with van der Waals surface area (Å²) in [6.07, 6.45) is 4.92. The van der Waals surface area contributed by atoms with Crippen molar-refractivity contribution in [1.29, 1.82) is 0 Å². The minimum absolute atomic E-state index is 0.390. The summed E-state index contributed by atoms with van der Waals surface area (Å²) < 4.78 is 25.8. The molecule has 1 N–H and O–H groups in total. The third-order valence-electron chi connectivity index (χ3n) is 2.83. The van der Waals surface area contributed by atoms with Gasteiger partial charge in [-0.1, -0.05) is 26.7 Å². The lowest BCUT2D eigenvalue weighted by Crippen LogP contribution is -2.23. The van der Waals surface area contributed by atoms with E-state index in [0.717, 1.165) is 24.0 Å². The fourth-order valence-electron chi connectivity index (χ4n) is 1.62. The van der Waals surface area contributed by atoms with Crippen molar-refractivity contribution in [3.8, 4) is 0 Å². The number of nitrogens with one attached hydrogen (secondary N) is 1. The van der Waals surface area contributed by atoms with Gasteiger partial charge >= 0.3 is 6.55 Å². The first-order valence-electron chi connectivity index (χ1n) is 5.69. The molecule has 0 aliphatic heterocycles. The van der Waals surface area contributed by atoms with E-state index in [4.69, 9.17) is 0 Å². The lowest BCUT2D eigenvalue weighted by Gasteiger charge is -2.13. The summed E-state index contributed by atoms with van der Waals surface area (Å²) in [5.74, 6) is 0.996. The molecule has 0 unspecified atom stereocenters. The highest BCUT2D eigenvalue weighted by Crippen LogP contribution is 2.12. The van der Waals surface area contributed by atoms with Gasteiger partial charge in [-0.15, -0.1) is 0 Å². The molecule has 0 amide bonds. The third-order valence-corrected chi connectivity index (χ3v) is 2.83. The number of rotatable bonds is 7. The van der Waals surface area contributed by atoms with Gasteiger partial charge < -0.3 is 5.32 Å². The Morgan fingerprint density at radius 3 is 2.62 bits per heavy atom. The highest BCUT2D eigenvalue weighted by atomic mass is 19.3. The monoisotopic (exact) mass is 231 g/mol. The van der Waals surface area contributed by atoms with Crippen LogP contribution in [0.25, 0.3) is 0 Å². The van der Waals surface area contributed by atoms with Gasteiger partial charge in [-0.3, -0.25) is 4.57 Å². The second kappa shape index (κ2) is 6.58. The van der Waals surface area contributed by atoms with Gasteiger partial charge in [0.1, 0.15) is 5.82 Å². The number of nitrogens with zero attached hydrogens (tertiary/aromatic N) is 2. The van der Waals surface area contributed by atoms with Crippen LogP contribution in [0.15, 0.2) is 12.4 Å². The SMILES string of the molecule is CCC(CC)CNCc1nccn1C(F)F. The molecule has 3 nitrogen and oxygen atoms in total. The van der Waals surface area contributed by atoms with Gasteiger partial charge in [0, 0.05) is 12.4 Å². The number of aromatic nitrogens is 2. The average molecular weight is 231 g/mol. The number of halogens is 2. The van der Waals surface area contributed by atoms with Gasteiger partial charge in [0.15, 0.2) is 0 Å². The first kappa shape index (κ1) is 13.1. The Bertz CT molecular complexity index is 295. The van der Waals surface area contributed by atoms with Gasteiger partial charge in [-0.2, -0.15) is 8.78 Å². The molecular weight excluding hydrogens is 212 g/mol. The van der Waals surface area contributed by atoms with Gasteiger partial charge in [0.05, 0.1) is 6.54 Å². The normalized spacial score (nSPS) is 11.6. The number of hydrogen-bond acceptors (Lipinski definition) is 2. The molecule has 0 atom stereocenters. The van der Waals surface area contributed by atoms with E-state index in [9.17, 15) is 8.78 Å². The highest BCUT2D eigenvalue weighted by Gasteiger charge is 2.11. The van der Waals surface area contributed by atoms with Crippen LogP contribution in [0.2, 0.25) is 0 Å². The van der Waals surface area contributed by atoms with E-state index in [1.807, 2.05) is 0 Å². The van der Waals surface area contributed by atoms with Crippen LogP contribution in [0.4, 0.5) is 8.78 Å². The van der Waals surface area contributed by atoms with Crippen LogP contribution >= 0.6 is 0 Å². The molecule has 5 heteroatoms. The Balaban J connectivity index is 2.39. The molecule has 16 heavy (non-hydrogen) atoms. The van der Waals surface area contributed by atoms with Crippen LogP contribution in [0.3, 0.4) is 0 Å². The van der Waals surface area contributed by atoms with Crippen molar-refractivity contribution in [2.24, 2.45) is 5.92 Å². The summed E-state index contributed by atoms with van der Waals surface area (Å²) in [5, 5.41) is 3.17. The number of imidazole rings is 1. The van der Waals surface area contributed by atoms with E-state index < -0.39 is 6.55 Å². The molecule has 0 radical (unpaired) electrons. The first-order chi connectivity index (χ1) is 7.69. The molecule has 1 heterocycles. The third kappa shape index (κ3) is 3.56. The van der Waals surface area contributed by atoms with Crippen LogP contribution in [-0.4, -0.2) is 16.1 Å². The van der Waals surface area contributed by atoms with Crippen molar-refractivity contribution in [2.45, 2.75) is 39.8 Å². The van der Waals surface area contributed by atoms with E-state index >= 15 is 0 Å². The zero-order valence-electron chi connectivity index (χ0n) is 9.79. The summed E-state index contributed by atoms with van der Waals surface area (Å²) in [6, 6.07) is 0. The Morgan fingerprint density at radius 1 is 1.38 bits per heavy atom. The van der Waals surface area contributed by atoms with Crippen molar-refractivity contribution >= 4 is 0 Å². The maximum atomic E-state index is 12.5. The Morgan fingerprint density at radius 2 is 2.06 bits per heavy atom. The van der Waals surface area contributed by atoms with Crippen LogP contribution in [0.5, 0.6) is 0 Å². The summed E-state index contributed by atoms with van der Waals surface area (Å²) in [6.45, 7) is 3.01. The Kier molecular flexibility index (Phi) is 5.38. The molecule has 0 aromatic carbocycles. The molecule has 1 aromatic rings. The molecule has 0 aliphatic rings. The second-order valence-corrected chi connectivity index (χ2v) is 3.84. The van der Waals surface area contributed by atoms with Crippen LogP contribution in [0, 0.1) is 5.92 Å². The number of alkyl halides is 2. The molecule has 0 fully saturated rings. The smallest absolute Gasteiger partial charge is 0.310 e. The van der Waals surface area contributed by atoms with Crippen molar-refractivity contribution < 1.29 is 8.78 Å². The first-order valence-corrected chi connectivity index (χ1v) is 5.69. The topological polar surface area (TPSA) is 29.9 Å². The molecule has 92 valence electrons. The summed E-state index contributed by atoms with van der Waals surface area (Å²) in [4.78, 5) is 3.91. The molecular formula is C11H19F2N3. The van der Waals surface area contributed by atoms with Crippen LogP contribution < -0.4 is 5.32 Å².